The third-order valence-electron chi connectivity index (χ3n) is 3.77. The highest BCUT2D eigenvalue weighted by molar-refractivity contribution is 7.13. The Kier molecular flexibility index (Phi) is 5.77. The highest BCUT2D eigenvalue weighted by atomic mass is 35.5. The second-order valence-corrected chi connectivity index (χ2v) is 6.24. The Balaban J connectivity index is 0.00000180. The van der Waals surface area contributed by atoms with Gasteiger partial charge in [0, 0.05) is 11.9 Å². The van der Waals surface area contributed by atoms with Crippen LogP contribution in [-0.2, 0) is 4.79 Å². The molecular formula is C13H22ClN3OS. The first kappa shape index (κ1) is 16.4. The van der Waals surface area contributed by atoms with Crippen molar-refractivity contribution in [3.05, 3.63) is 11.1 Å². The van der Waals surface area contributed by atoms with Gasteiger partial charge in [-0.3, -0.25) is 4.79 Å². The lowest BCUT2D eigenvalue weighted by molar-refractivity contribution is -0.124. The number of amides is 1. The Morgan fingerprint density at radius 2 is 2.16 bits per heavy atom. The van der Waals surface area contributed by atoms with E-state index in [1.165, 1.54) is 11.3 Å². The van der Waals surface area contributed by atoms with Crippen LogP contribution in [0.3, 0.4) is 0 Å². The van der Waals surface area contributed by atoms with E-state index < -0.39 is 0 Å². The zero-order valence-electron chi connectivity index (χ0n) is 11.4. The van der Waals surface area contributed by atoms with Gasteiger partial charge in [-0.1, -0.05) is 26.7 Å². The zero-order valence-corrected chi connectivity index (χ0v) is 13.1. The van der Waals surface area contributed by atoms with Gasteiger partial charge in [0.1, 0.15) is 0 Å². The maximum absolute atomic E-state index is 12.3. The molecule has 1 aliphatic rings. The third-order valence-corrected chi connectivity index (χ3v) is 4.54. The number of hydrogen-bond donors (Lipinski definition) is 2. The molecular weight excluding hydrogens is 282 g/mol. The average molecular weight is 304 g/mol. The summed E-state index contributed by atoms with van der Waals surface area (Å²) < 4.78 is 0. The van der Waals surface area contributed by atoms with Gasteiger partial charge in [0.15, 0.2) is 5.13 Å². The van der Waals surface area contributed by atoms with E-state index in [0.717, 1.165) is 31.4 Å². The van der Waals surface area contributed by atoms with Gasteiger partial charge in [0.25, 0.3) is 0 Å². The number of carbonyl (C=O) groups excluding carboxylic acids is 1. The number of nitrogens with one attached hydrogen (secondary N) is 1. The monoisotopic (exact) mass is 303 g/mol. The fraction of sp³-hybridized carbons (Fsp3) is 0.692. The molecule has 0 radical (unpaired) electrons. The number of rotatable bonds is 4. The molecule has 4 nitrogen and oxygen atoms in total. The van der Waals surface area contributed by atoms with Crippen LogP contribution >= 0.6 is 23.7 Å². The second-order valence-electron chi connectivity index (χ2n) is 5.38. The summed E-state index contributed by atoms with van der Waals surface area (Å²) in [5.74, 6) is 0.439. The van der Waals surface area contributed by atoms with Crippen LogP contribution in [-0.4, -0.2) is 17.4 Å². The van der Waals surface area contributed by atoms with Crippen molar-refractivity contribution in [1.29, 1.82) is 0 Å². The molecule has 0 unspecified atom stereocenters. The number of halogens is 1. The van der Waals surface area contributed by atoms with E-state index in [2.05, 4.69) is 24.1 Å². The fourth-order valence-electron chi connectivity index (χ4n) is 2.41. The van der Waals surface area contributed by atoms with E-state index in [4.69, 9.17) is 5.73 Å². The average Bonchev–Trinajstić information content (AvgIpc) is 2.97. The molecule has 0 aromatic carbocycles. The molecule has 0 saturated heterocycles. The number of thiazole rings is 1. The minimum Gasteiger partial charge on any atom is -0.329 e. The predicted molar refractivity (Wildman–Crippen MR) is 82.0 cm³/mol. The van der Waals surface area contributed by atoms with Crippen LogP contribution in [0.5, 0.6) is 0 Å². The van der Waals surface area contributed by atoms with Gasteiger partial charge < -0.3 is 11.1 Å². The first-order valence-corrected chi connectivity index (χ1v) is 7.42. The number of nitrogens with two attached hydrogens (primary N) is 1. The van der Waals surface area contributed by atoms with Gasteiger partial charge in [-0.2, -0.15) is 0 Å². The number of anilines is 1. The van der Waals surface area contributed by atoms with E-state index in [9.17, 15) is 4.79 Å². The Bertz CT molecular complexity index is 427. The van der Waals surface area contributed by atoms with Gasteiger partial charge in [0.2, 0.25) is 5.91 Å². The van der Waals surface area contributed by atoms with E-state index in [1.54, 1.807) is 0 Å². The van der Waals surface area contributed by atoms with Crippen molar-refractivity contribution < 1.29 is 4.79 Å². The molecule has 6 heteroatoms. The number of nitrogens with zero attached hydrogens (tertiary/aromatic N) is 1. The van der Waals surface area contributed by atoms with Crippen molar-refractivity contribution in [3.63, 3.8) is 0 Å². The predicted octanol–water partition coefficient (Wildman–Crippen LogP) is 3.15. The maximum atomic E-state index is 12.3. The van der Waals surface area contributed by atoms with Gasteiger partial charge >= 0.3 is 0 Å². The fourth-order valence-corrected chi connectivity index (χ4v) is 3.28. The number of hydrogen-bond acceptors (Lipinski definition) is 4. The molecule has 3 N–H and O–H groups in total. The van der Waals surface area contributed by atoms with Crippen molar-refractivity contribution in [2.45, 2.75) is 45.4 Å². The van der Waals surface area contributed by atoms with Crippen LogP contribution in [0.4, 0.5) is 5.13 Å². The number of carbonyl (C=O) groups is 1. The van der Waals surface area contributed by atoms with E-state index in [0.29, 0.717) is 17.6 Å². The van der Waals surface area contributed by atoms with E-state index >= 15 is 0 Å². The lowest BCUT2D eigenvalue weighted by Gasteiger charge is -2.24. The normalized spacial score (nSPS) is 17.3. The summed E-state index contributed by atoms with van der Waals surface area (Å²) in [4.78, 5) is 16.8. The molecule has 1 fully saturated rings. The summed E-state index contributed by atoms with van der Waals surface area (Å²) in [6.07, 6.45) is 3.99. The van der Waals surface area contributed by atoms with Crippen LogP contribution in [0.15, 0.2) is 5.38 Å². The van der Waals surface area contributed by atoms with Crippen LogP contribution < -0.4 is 11.1 Å². The molecule has 1 amide bonds. The zero-order chi connectivity index (χ0) is 13.2. The van der Waals surface area contributed by atoms with Crippen molar-refractivity contribution in [2.75, 3.05) is 11.9 Å². The van der Waals surface area contributed by atoms with Crippen molar-refractivity contribution in [1.82, 2.24) is 4.98 Å². The topological polar surface area (TPSA) is 68.0 Å². The molecule has 19 heavy (non-hydrogen) atoms. The summed E-state index contributed by atoms with van der Waals surface area (Å²) in [5.41, 5.74) is 6.47. The molecule has 2 rings (SSSR count). The Morgan fingerprint density at radius 3 is 2.63 bits per heavy atom. The molecule has 0 spiro atoms. The molecule has 1 aromatic heterocycles. The van der Waals surface area contributed by atoms with E-state index in [-0.39, 0.29) is 23.7 Å². The molecule has 0 bridgehead atoms. The summed E-state index contributed by atoms with van der Waals surface area (Å²) >= 11 is 1.49. The molecule has 0 atom stereocenters. The molecule has 1 aromatic rings. The Labute approximate surface area is 124 Å². The first-order valence-electron chi connectivity index (χ1n) is 6.54. The van der Waals surface area contributed by atoms with Crippen molar-refractivity contribution in [3.8, 4) is 0 Å². The maximum Gasteiger partial charge on any atom is 0.233 e. The van der Waals surface area contributed by atoms with Crippen LogP contribution in [0.2, 0.25) is 0 Å². The Hall–Kier alpha value is -0.650. The highest BCUT2D eigenvalue weighted by Crippen LogP contribution is 2.38. The second kappa shape index (κ2) is 6.68. The standard InChI is InChI=1S/C13H21N3OS.ClH/c1-9(2)10-7-18-12(15-10)16-11(17)13(8-14)5-3-4-6-13;/h7,9H,3-6,8,14H2,1-2H3,(H,15,16,17);1H. The molecule has 1 saturated carbocycles. The number of aromatic nitrogens is 1. The lowest BCUT2D eigenvalue weighted by atomic mass is 9.85. The highest BCUT2D eigenvalue weighted by Gasteiger charge is 2.40. The van der Waals surface area contributed by atoms with Gasteiger partial charge in [-0.05, 0) is 18.8 Å². The summed E-state index contributed by atoms with van der Waals surface area (Å²) in [6.45, 7) is 4.62. The summed E-state index contributed by atoms with van der Waals surface area (Å²) in [7, 11) is 0. The largest absolute Gasteiger partial charge is 0.329 e. The van der Waals surface area contributed by atoms with Crippen LogP contribution in [0.1, 0.15) is 51.1 Å². The van der Waals surface area contributed by atoms with Crippen molar-refractivity contribution in [2.24, 2.45) is 11.1 Å². The summed E-state index contributed by atoms with van der Waals surface area (Å²) in [6, 6.07) is 0. The Morgan fingerprint density at radius 1 is 1.53 bits per heavy atom. The smallest absolute Gasteiger partial charge is 0.233 e. The quantitative estimate of drug-likeness (QED) is 0.898. The van der Waals surface area contributed by atoms with Gasteiger partial charge in [0.05, 0.1) is 11.1 Å². The SMILES string of the molecule is CC(C)c1csc(NC(=O)C2(CN)CCCC2)n1.Cl. The third kappa shape index (κ3) is 3.46. The van der Waals surface area contributed by atoms with E-state index in [1.807, 2.05) is 5.38 Å². The van der Waals surface area contributed by atoms with Crippen LogP contribution in [0.25, 0.3) is 0 Å². The van der Waals surface area contributed by atoms with Crippen molar-refractivity contribution >= 4 is 34.8 Å². The summed E-state index contributed by atoms with van der Waals surface area (Å²) in [5, 5.41) is 5.64. The van der Waals surface area contributed by atoms with Gasteiger partial charge in [-0.15, -0.1) is 23.7 Å². The first-order chi connectivity index (χ1) is 8.57. The molecule has 0 aliphatic heterocycles. The van der Waals surface area contributed by atoms with Gasteiger partial charge in [-0.25, -0.2) is 4.98 Å². The minimum absolute atomic E-state index is 0. The molecule has 108 valence electrons. The molecule has 1 aliphatic carbocycles. The minimum atomic E-state index is -0.357. The lowest BCUT2D eigenvalue weighted by Crippen LogP contribution is -2.40. The molecule has 1 heterocycles. The van der Waals surface area contributed by atoms with Crippen LogP contribution in [0, 0.1) is 5.41 Å².